The molecular formula is C14H25N3O2. The number of rotatable bonds is 1. The number of amides is 2. The number of carbonyl (C=O) groups is 1. The second-order valence-electron chi connectivity index (χ2n) is 6.19. The van der Waals surface area contributed by atoms with Crippen LogP contribution in [0.4, 0.5) is 4.79 Å². The van der Waals surface area contributed by atoms with Gasteiger partial charge in [-0.1, -0.05) is 0 Å². The van der Waals surface area contributed by atoms with Crippen molar-refractivity contribution in [3.8, 4) is 0 Å². The lowest BCUT2D eigenvalue weighted by Gasteiger charge is -2.46. The van der Waals surface area contributed by atoms with Gasteiger partial charge in [-0.3, -0.25) is 0 Å². The fourth-order valence-corrected chi connectivity index (χ4v) is 3.75. The maximum atomic E-state index is 12.3. The average molecular weight is 267 g/mol. The van der Waals surface area contributed by atoms with E-state index in [1.54, 1.807) is 0 Å². The predicted molar refractivity (Wildman–Crippen MR) is 73.1 cm³/mol. The number of carbonyl (C=O) groups excluding carboxylic acids is 1. The van der Waals surface area contributed by atoms with Crippen LogP contribution in [-0.2, 0) is 4.74 Å². The lowest BCUT2D eigenvalue weighted by molar-refractivity contribution is 0.0509. The number of nitrogens with zero attached hydrogens (tertiary/aromatic N) is 2. The summed E-state index contributed by atoms with van der Waals surface area (Å²) in [6.45, 7) is 4.49. The van der Waals surface area contributed by atoms with E-state index < -0.39 is 0 Å². The van der Waals surface area contributed by atoms with Crippen LogP contribution in [0.2, 0.25) is 0 Å². The van der Waals surface area contributed by atoms with E-state index in [1.807, 2.05) is 4.90 Å². The van der Waals surface area contributed by atoms with E-state index in [0.29, 0.717) is 18.6 Å². The van der Waals surface area contributed by atoms with Gasteiger partial charge in [-0.05, 0) is 45.2 Å². The summed E-state index contributed by atoms with van der Waals surface area (Å²) in [7, 11) is 2.22. The van der Waals surface area contributed by atoms with Crippen molar-refractivity contribution in [2.24, 2.45) is 5.92 Å². The topological polar surface area (TPSA) is 44.8 Å². The predicted octanol–water partition coefficient (Wildman–Crippen LogP) is 0.901. The Balaban J connectivity index is 1.53. The quantitative estimate of drug-likeness (QED) is 0.768. The zero-order valence-electron chi connectivity index (χ0n) is 11.8. The van der Waals surface area contributed by atoms with Gasteiger partial charge in [0, 0.05) is 25.7 Å². The Morgan fingerprint density at radius 3 is 2.95 bits per heavy atom. The molecule has 0 aromatic carbocycles. The van der Waals surface area contributed by atoms with Crippen LogP contribution in [0.5, 0.6) is 0 Å². The zero-order valence-corrected chi connectivity index (χ0v) is 11.8. The number of likely N-dealkylation sites (tertiary alicyclic amines) is 2. The molecule has 5 nitrogen and oxygen atoms in total. The van der Waals surface area contributed by atoms with Gasteiger partial charge in [0.1, 0.15) is 0 Å². The van der Waals surface area contributed by atoms with E-state index >= 15 is 0 Å². The third-order valence-corrected chi connectivity index (χ3v) is 4.89. The van der Waals surface area contributed by atoms with E-state index in [4.69, 9.17) is 4.74 Å². The minimum Gasteiger partial charge on any atom is -0.379 e. The molecule has 0 saturated carbocycles. The third-order valence-electron chi connectivity index (χ3n) is 4.89. The van der Waals surface area contributed by atoms with Crippen molar-refractivity contribution < 1.29 is 9.53 Å². The molecule has 2 amide bonds. The molecule has 0 aromatic rings. The summed E-state index contributed by atoms with van der Waals surface area (Å²) in [5.41, 5.74) is 0. The molecule has 3 aliphatic rings. The molecule has 19 heavy (non-hydrogen) atoms. The summed E-state index contributed by atoms with van der Waals surface area (Å²) >= 11 is 0. The van der Waals surface area contributed by atoms with Gasteiger partial charge in [0.25, 0.3) is 0 Å². The first-order valence-corrected chi connectivity index (χ1v) is 7.57. The first-order chi connectivity index (χ1) is 9.24. The second kappa shape index (κ2) is 5.67. The number of fused-ring (bicyclic) bond motifs is 1. The van der Waals surface area contributed by atoms with E-state index in [2.05, 4.69) is 17.3 Å². The van der Waals surface area contributed by atoms with Gasteiger partial charge in [-0.15, -0.1) is 0 Å². The van der Waals surface area contributed by atoms with E-state index in [-0.39, 0.29) is 12.1 Å². The molecule has 3 saturated heterocycles. The maximum absolute atomic E-state index is 12.3. The van der Waals surface area contributed by atoms with Crippen molar-refractivity contribution in [1.82, 2.24) is 15.1 Å². The van der Waals surface area contributed by atoms with Crippen molar-refractivity contribution in [1.29, 1.82) is 0 Å². The van der Waals surface area contributed by atoms with Gasteiger partial charge in [0.05, 0.1) is 12.6 Å². The van der Waals surface area contributed by atoms with Gasteiger partial charge >= 0.3 is 6.03 Å². The van der Waals surface area contributed by atoms with Gasteiger partial charge < -0.3 is 19.9 Å². The number of urea groups is 1. The lowest BCUT2D eigenvalue weighted by atomic mass is 9.84. The average Bonchev–Trinajstić information content (AvgIpc) is 2.91. The lowest BCUT2D eigenvalue weighted by Crippen LogP contribution is -2.56. The summed E-state index contributed by atoms with van der Waals surface area (Å²) in [4.78, 5) is 16.7. The summed E-state index contributed by atoms with van der Waals surface area (Å²) in [5, 5.41) is 3.10. The standard InChI is InChI=1S/C14H25N3O2/c1-16-6-2-3-11-9-17(7-4-13(11)16)14(18)15-12-5-8-19-10-12/h11-13H,2-10H2,1H3,(H,15,18). The highest BCUT2D eigenvalue weighted by Crippen LogP contribution is 2.29. The Morgan fingerprint density at radius 2 is 2.16 bits per heavy atom. The van der Waals surface area contributed by atoms with Crippen LogP contribution < -0.4 is 5.32 Å². The second-order valence-corrected chi connectivity index (χ2v) is 6.19. The highest BCUT2D eigenvalue weighted by molar-refractivity contribution is 5.74. The highest BCUT2D eigenvalue weighted by Gasteiger charge is 2.36. The number of hydrogen-bond donors (Lipinski definition) is 1. The summed E-state index contributed by atoms with van der Waals surface area (Å²) in [6, 6.07) is 1.02. The molecule has 0 bridgehead atoms. The highest BCUT2D eigenvalue weighted by atomic mass is 16.5. The Kier molecular flexibility index (Phi) is 3.93. The molecular weight excluding hydrogens is 242 g/mol. The van der Waals surface area contributed by atoms with Crippen LogP contribution in [0.3, 0.4) is 0 Å². The molecule has 3 aliphatic heterocycles. The van der Waals surface area contributed by atoms with Crippen LogP contribution in [0.25, 0.3) is 0 Å². The summed E-state index contributed by atoms with van der Waals surface area (Å²) in [5.74, 6) is 0.665. The molecule has 3 atom stereocenters. The molecule has 3 unspecified atom stereocenters. The monoisotopic (exact) mass is 267 g/mol. The fraction of sp³-hybridized carbons (Fsp3) is 0.929. The van der Waals surface area contributed by atoms with Crippen molar-refractivity contribution in [3.63, 3.8) is 0 Å². The molecule has 3 heterocycles. The minimum absolute atomic E-state index is 0.113. The van der Waals surface area contributed by atoms with Crippen LogP contribution in [0.15, 0.2) is 0 Å². The maximum Gasteiger partial charge on any atom is 0.317 e. The van der Waals surface area contributed by atoms with Crippen LogP contribution >= 0.6 is 0 Å². The van der Waals surface area contributed by atoms with Crippen molar-refractivity contribution in [2.45, 2.75) is 37.8 Å². The molecule has 3 fully saturated rings. The van der Waals surface area contributed by atoms with Gasteiger partial charge in [0.2, 0.25) is 0 Å². The molecule has 1 N–H and O–H groups in total. The SMILES string of the molecule is CN1CCCC2CN(C(=O)NC3CCOC3)CCC21. The fourth-order valence-electron chi connectivity index (χ4n) is 3.75. The largest absolute Gasteiger partial charge is 0.379 e. The first-order valence-electron chi connectivity index (χ1n) is 7.57. The van der Waals surface area contributed by atoms with Crippen molar-refractivity contribution in [2.75, 3.05) is 39.9 Å². The molecule has 0 spiro atoms. The Hall–Kier alpha value is -0.810. The van der Waals surface area contributed by atoms with E-state index in [0.717, 1.165) is 32.5 Å². The summed E-state index contributed by atoms with van der Waals surface area (Å²) in [6.07, 6.45) is 4.61. The third kappa shape index (κ3) is 2.87. The smallest absolute Gasteiger partial charge is 0.317 e. The van der Waals surface area contributed by atoms with Crippen molar-refractivity contribution in [3.05, 3.63) is 0 Å². The Morgan fingerprint density at radius 1 is 1.26 bits per heavy atom. The van der Waals surface area contributed by atoms with E-state index in [1.165, 1.54) is 19.4 Å². The van der Waals surface area contributed by atoms with Crippen molar-refractivity contribution >= 4 is 6.03 Å². The molecule has 3 rings (SSSR count). The normalized spacial score (nSPS) is 36.1. The Bertz CT molecular complexity index is 331. The number of nitrogens with one attached hydrogen (secondary N) is 1. The Labute approximate surface area is 115 Å². The molecule has 108 valence electrons. The molecule has 0 aliphatic carbocycles. The minimum atomic E-state index is 0.113. The van der Waals surface area contributed by atoms with Gasteiger partial charge in [-0.2, -0.15) is 0 Å². The van der Waals surface area contributed by atoms with Gasteiger partial charge in [0.15, 0.2) is 0 Å². The molecule has 0 radical (unpaired) electrons. The van der Waals surface area contributed by atoms with Crippen LogP contribution in [-0.4, -0.2) is 67.8 Å². The van der Waals surface area contributed by atoms with Crippen LogP contribution in [0.1, 0.15) is 25.7 Å². The first kappa shape index (κ1) is 13.2. The molecule has 0 aromatic heterocycles. The zero-order chi connectivity index (χ0) is 13.2. The van der Waals surface area contributed by atoms with Crippen LogP contribution in [0, 0.1) is 5.92 Å². The number of piperidine rings is 2. The number of hydrogen-bond acceptors (Lipinski definition) is 3. The van der Waals surface area contributed by atoms with Gasteiger partial charge in [-0.25, -0.2) is 4.79 Å². The number of ether oxygens (including phenoxy) is 1. The van der Waals surface area contributed by atoms with E-state index in [9.17, 15) is 4.79 Å². The summed E-state index contributed by atoms with van der Waals surface area (Å²) < 4.78 is 5.31. The molecule has 5 heteroatoms.